The summed E-state index contributed by atoms with van der Waals surface area (Å²) in [6, 6.07) is 3.93. The number of carbonyl (C=O) groups excluding carboxylic acids is 3. The molecule has 240 valence electrons. The van der Waals surface area contributed by atoms with Gasteiger partial charge in [-0.1, -0.05) is 103 Å². The van der Waals surface area contributed by atoms with E-state index in [9.17, 15) is 14.4 Å². The van der Waals surface area contributed by atoms with E-state index in [1.54, 1.807) is 13.8 Å². The molecule has 0 radical (unpaired) electrons. The van der Waals surface area contributed by atoms with Crippen molar-refractivity contribution in [3.05, 3.63) is 53.4 Å². The van der Waals surface area contributed by atoms with Crippen molar-refractivity contribution < 1.29 is 28.6 Å². The van der Waals surface area contributed by atoms with Crippen LogP contribution in [0.4, 0.5) is 9.59 Å². The lowest BCUT2D eigenvalue weighted by atomic mass is 9.88. The second-order valence-electron chi connectivity index (χ2n) is 11.5. The fourth-order valence-electron chi connectivity index (χ4n) is 5.61. The number of amides is 3. The van der Waals surface area contributed by atoms with Gasteiger partial charge in [0.1, 0.15) is 11.8 Å². The number of ether oxygens (including phenoxy) is 3. The molecule has 0 aliphatic carbocycles. The van der Waals surface area contributed by atoms with Crippen molar-refractivity contribution >= 4 is 18.1 Å². The van der Waals surface area contributed by atoms with E-state index in [-0.39, 0.29) is 18.3 Å². The molecular weight excluding hydrogens is 544 g/mol. The maximum atomic E-state index is 13.2. The monoisotopic (exact) mass is 598 g/mol. The zero-order valence-corrected chi connectivity index (χ0v) is 27.2. The van der Waals surface area contributed by atoms with Crippen LogP contribution in [-0.4, -0.2) is 35.7 Å². The van der Waals surface area contributed by atoms with Gasteiger partial charge in [0.15, 0.2) is 0 Å². The minimum absolute atomic E-state index is 0.0699. The van der Waals surface area contributed by atoms with Gasteiger partial charge in [-0.15, -0.1) is 0 Å². The van der Waals surface area contributed by atoms with Gasteiger partial charge in [-0.05, 0) is 52.2 Å². The number of carbonyl (C=O) groups is 3. The summed E-state index contributed by atoms with van der Waals surface area (Å²) in [4.78, 5) is 40.6. The molecule has 0 fully saturated rings. The summed E-state index contributed by atoms with van der Waals surface area (Å²) in [6.45, 7) is 12.9. The van der Waals surface area contributed by atoms with Gasteiger partial charge in [0.2, 0.25) is 0 Å². The zero-order chi connectivity index (χ0) is 31.6. The smallest absolute Gasteiger partial charge is 0.418 e. The highest BCUT2D eigenvalue weighted by molar-refractivity contribution is 6.00. The second-order valence-corrected chi connectivity index (χ2v) is 11.5. The van der Waals surface area contributed by atoms with E-state index in [2.05, 4.69) is 18.8 Å². The number of urea groups is 1. The first kappa shape index (κ1) is 35.9. The van der Waals surface area contributed by atoms with Crippen molar-refractivity contribution in [1.82, 2.24) is 10.2 Å². The van der Waals surface area contributed by atoms with Gasteiger partial charge in [-0.3, -0.25) is 0 Å². The number of nitrogens with zero attached hydrogens (tertiary/aromatic N) is 1. The van der Waals surface area contributed by atoms with E-state index in [4.69, 9.17) is 14.2 Å². The molecule has 2 rings (SSSR count). The van der Waals surface area contributed by atoms with Gasteiger partial charge in [0, 0.05) is 11.3 Å². The van der Waals surface area contributed by atoms with Gasteiger partial charge >= 0.3 is 18.1 Å². The number of imide groups is 1. The molecule has 0 spiro atoms. The Morgan fingerprint density at radius 3 is 2.07 bits per heavy atom. The Kier molecular flexibility index (Phi) is 16.5. The molecule has 1 aromatic carbocycles. The molecule has 1 aromatic rings. The predicted octanol–water partition coefficient (Wildman–Crippen LogP) is 9.29. The molecule has 1 atom stereocenters. The number of allylic oxidation sites excluding steroid dienone is 1. The Labute approximate surface area is 259 Å². The van der Waals surface area contributed by atoms with Crippen molar-refractivity contribution in [2.75, 3.05) is 6.61 Å². The summed E-state index contributed by atoms with van der Waals surface area (Å²) in [5.41, 5.74) is 1.92. The number of benzene rings is 1. The highest BCUT2D eigenvalue weighted by Gasteiger charge is 2.45. The Morgan fingerprint density at radius 1 is 0.953 bits per heavy atom. The van der Waals surface area contributed by atoms with Crippen molar-refractivity contribution in [2.24, 2.45) is 0 Å². The molecule has 1 heterocycles. The van der Waals surface area contributed by atoms with E-state index < -0.39 is 24.1 Å². The highest BCUT2D eigenvalue weighted by Crippen LogP contribution is 2.42. The van der Waals surface area contributed by atoms with Crippen LogP contribution < -0.4 is 10.1 Å². The number of rotatable bonds is 20. The standard InChI is InChI=1S/C35H54N2O6/c1-7-10-11-12-13-14-15-16-17-18-19-20-21-23-28-24-22-25-29(43-26(4)5)31(28)32-30(33(38)41-8-2)27(6)36-34(39)37(32)35(40)42-9-3/h8,22,24-26,32H,2,7,9-21,23H2,1,3-6H3,(H,36,39). The number of hydrogen-bond donors (Lipinski definition) is 1. The molecule has 1 unspecified atom stereocenters. The van der Waals surface area contributed by atoms with Crippen molar-refractivity contribution in [3.63, 3.8) is 0 Å². The summed E-state index contributed by atoms with van der Waals surface area (Å²) < 4.78 is 16.6. The number of unbranched alkanes of at least 4 members (excludes halogenated alkanes) is 12. The first-order valence-electron chi connectivity index (χ1n) is 16.3. The van der Waals surface area contributed by atoms with E-state index in [0.717, 1.165) is 36.0 Å². The highest BCUT2D eigenvalue weighted by atomic mass is 16.6. The third-order valence-electron chi connectivity index (χ3n) is 7.67. The minimum atomic E-state index is -1.09. The lowest BCUT2D eigenvalue weighted by Crippen LogP contribution is -2.51. The Morgan fingerprint density at radius 2 is 1.53 bits per heavy atom. The molecule has 0 bridgehead atoms. The quantitative estimate of drug-likeness (QED) is 0.0913. The van der Waals surface area contributed by atoms with Gasteiger partial charge in [0.05, 0.1) is 24.5 Å². The number of nitrogens with one attached hydrogen (secondary N) is 1. The Hall–Kier alpha value is -3.29. The Balaban J connectivity index is 2.22. The van der Waals surface area contributed by atoms with Crippen LogP contribution >= 0.6 is 0 Å². The van der Waals surface area contributed by atoms with E-state index in [0.29, 0.717) is 23.4 Å². The molecule has 1 N–H and O–H groups in total. The van der Waals surface area contributed by atoms with E-state index in [1.165, 1.54) is 64.2 Å². The third kappa shape index (κ3) is 11.4. The van der Waals surface area contributed by atoms with Crippen LogP contribution in [0, 0.1) is 0 Å². The molecule has 0 aromatic heterocycles. The summed E-state index contributed by atoms with van der Waals surface area (Å²) in [7, 11) is 0. The minimum Gasteiger partial charge on any atom is -0.491 e. The molecule has 0 saturated carbocycles. The largest absolute Gasteiger partial charge is 0.491 e. The van der Waals surface area contributed by atoms with E-state index in [1.807, 2.05) is 32.0 Å². The summed E-state index contributed by atoms with van der Waals surface area (Å²) in [5, 5.41) is 2.62. The van der Waals surface area contributed by atoms with Crippen LogP contribution in [0.3, 0.4) is 0 Å². The lowest BCUT2D eigenvalue weighted by Gasteiger charge is -2.37. The lowest BCUT2D eigenvalue weighted by molar-refractivity contribution is -0.134. The summed E-state index contributed by atoms with van der Waals surface area (Å²) in [6.07, 6.45) is 17.1. The Bertz CT molecular complexity index is 1080. The summed E-state index contributed by atoms with van der Waals surface area (Å²) in [5.74, 6) is -0.203. The predicted molar refractivity (Wildman–Crippen MR) is 171 cm³/mol. The topological polar surface area (TPSA) is 94.2 Å². The van der Waals surface area contributed by atoms with Crippen LogP contribution in [0.25, 0.3) is 0 Å². The number of aryl methyl sites for hydroxylation is 1. The van der Waals surface area contributed by atoms with Crippen LogP contribution in [0.15, 0.2) is 42.3 Å². The first-order chi connectivity index (χ1) is 20.8. The van der Waals surface area contributed by atoms with Gasteiger partial charge in [0.25, 0.3) is 0 Å². The van der Waals surface area contributed by atoms with Crippen LogP contribution in [0.5, 0.6) is 5.75 Å². The fraction of sp³-hybridized carbons (Fsp3) is 0.629. The second kappa shape index (κ2) is 19.8. The average Bonchev–Trinajstić information content (AvgIpc) is 2.95. The van der Waals surface area contributed by atoms with E-state index >= 15 is 0 Å². The maximum absolute atomic E-state index is 13.2. The summed E-state index contributed by atoms with van der Waals surface area (Å²) >= 11 is 0. The molecule has 43 heavy (non-hydrogen) atoms. The first-order valence-corrected chi connectivity index (χ1v) is 16.3. The molecule has 0 saturated heterocycles. The van der Waals surface area contributed by atoms with Gasteiger partial charge < -0.3 is 19.5 Å². The van der Waals surface area contributed by atoms with Crippen LogP contribution in [0.1, 0.15) is 135 Å². The molecular formula is C35H54N2O6. The third-order valence-corrected chi connectivity index (χ3v) is 7.67. The van der Waals surface area contributed by atoms with Crippen molar-refractivity contribution in [2.45, 2.75) is 137 Å². The average molecular weight is 599 g/mol. The molecule has 8 heteroatoms. The molecule has 8 nitrogen and oxygen atoms in total. The fourth-order valence-corrected chi connectivity index (χ4v) is 5.61. The number of esters is 1. The molecule has 1 aliphatic heterocycles. The SMILES string of the molecule is C=COC(=O)C1=C(C)NC(=O)N(C(=O)OCC)C1c1c(CCCCCCCCCCCCCCC)cccc1OC(C)C. The zero-order valence-electron chi connectivity index (χ0n) is 27.2. The number of hydrogen-bond acceptors (Lipinski definition) is 6. The maximum Gasteiger partial charge on any atom is 0.418 e. The van der Waals surface area contributed by atoms with Crippen LogP contribution in [-0.2, 0) is 20.7 Å². The van der Waals surface area contributed by atoms with Crippen molar-refractivity contribution in [3.8, 4) is 5.75 Å². The molecule has 3 amide bonds. The van der Waals surface area contributed by atoms with Crippen LogP contribution in [0.2, 0.25) is 0 Å². The van der Waals surface area contributed by atoms with Gasteiger partial charge in [-0.25, -0.2) is 19.3 Å². The molecule has 1 aliphatic rings. The van der Waals surface area contributed by atoms with Crippen molar-refractivity contribution in [1.29, 1.82) is 0 Å². The normalized spacial score (nSPS) is 15.0. The van der Waals surface area contributed by atoms with Gasteiger partial charge in [-0.2, -0.15) is 0 Å².